The van der Waals surface area contributed by atoms with Gasteiger partial charge in [0.2, 0.25) is 11.8 Å². The lowest BCUT2D eigenvalue weighted by atomic mass is 10.0. The molecule has 4 nitrogen and oxygen atoms in total. The highest BCUT2D eigenvalue weighted by Gasteiger charge is 2.25. The molecule has 0 fully saturated rings. The van der Waals surface area contributed by atoms with E-state index in [-0.39, 0.29) is 18.2 Å². The number of benzene rings is 2. The van der Waals surface area contributed by atoms with E-state index in [4.69, 9.17) is 0 Å². The summed E-state index contributed by atoms with van der Waals surface area (Å²) in [5, 5.41) is 0. The van der Waals surface area contributed by atoms with Crippen molar-refractivity contribution in [1.29, 1.82) is 0 Å². The monoisotopic (exact) mass is 322 g/mol. The number of anilines is 2. The third-order valence-corrected chi connectivity index (χ3v) is 4.40. The van der Waals surface area contributed by atoms with Crippen LogP contribution in [0.15, 0.2) is 54.6 Å². The van der Waals surface area contributed by atoms with Crippen LogP contribution in [-0.4, -0.2) is 24.9 Å². The maximum atomic E-state index is 12.7. The van der Waals surface area contributed by atoms with Crippen LogP contribution < -0.4 is 9.80 Å². The number of amides is 2. The van der Waals surface area contributed by atoms with Gasteiger partial charge in [-0.25, -0.2) is 0 Å². The average molecular weight is 322 g/mol. The molecule has 0 spiro atoms. The SMILES string of the molecule is CCN(C(=O)CC(=O)N1CCCc2ccccc21)c1ccccc1. The van der Waals surface area contributed by atoms with E-state index in [1.165, 1.54) is 5.56 Å². The third kappa shape index (κ3) is 3.32. The van der Waals surface area contributed by atoms with E-state index in [0.717, 1.165) is 24.2 Å². The van der Waals surface area contributed by atoms with Gasteiger partial charge in [0, 0.05) is 24.5 Å². The van der Waals surface area contributed by atoms with Crippen molar-refractivity contribution in [2.75, 3.05) is 22.9 Å². The van der Waals surface area contributed by atoms with E-state index in [2.05, 4.69) is 6.07 Å². The van der Waals surface area contributed by atoms with E-state index >= 15 is 0 Å². The van der Waals surface area contributed by atoms with Gasteiger partial charge in [-0.3, -0.25) is 9.59 Å². The van der Waals surface area contributed by atoms with Crippen molar-refractivity contribution in [2.45, 2.75) is 26.2 Å². The Morgan fingerprint density at radius 3 is 2.50 bits per heavy atom. The van der Waals surface area contributed by atoms with Crippen molar-refractivity contribution in [3.63, 3.8) is 0 Å². The van der Waals surface area contributed by atoms with Gasteiger partial charge >= 0.3 is 0 Å². The fourth-order valence-electron chi connectivity index (χ4n) is 3.22. The van der Waals surface area contributed by atoms with Gasteiger partial charge in [-0.05, 0) is 43.5 Å². The lowest BCUT2D eigenvalue weighted by Gasteiger charge is -2.30. The molecule has 2 aromatic rings. The van der Waals surface area contributed by atoms with Crippen molar-refractivity contribution in [3.05, 3.63) is 60.2 Å². The van der Waals surface area contributed by atoms with Gasteiger partial charge in [0.1, 0.15) is 6.42 Å². The van der Waals surface area contributed by atoms with Crippen LogP contribution in [0, 0.1) is 0 Å². The van der Waals surface area contributed by atoms with Crippen LogP contribution in [0.1, 0.15) is 25.3 Å². The van der Waals surface area contributed by atoms with Crippen molar-refractivity contribution >= 4 is 23.2 Å². The Labute approximate surface area is 142 Å². The summed E-state index contributed by atoms with van der Waals surface area (Å²) in [6.45, 7) is 3.15. The van der Waals surface area contributed by atoms with Crippen molar-refractivity contribution in [1.82, 2.24) is 0 Å². The van der Waals surface area contributed by atoms with Crippen molar-refractivity contribution < 1.29 is 9.59 Å². The summed E-state index contributed by atoms with van der Waals surface area (Å²) in [6.07, 6.45) is 1.82. The topological polar surface area (TPSA) is 40.6 Å². The molecule has 1 aliphatic rings. The van der Waals surface area contributed by atoms with Crippen LogP contribution in [-0.2, 0) is 16.0 Å². The summed E-state index contributed by atoms with van der Waals surface area (Å²) < 4.78 is 0. The first kappa shape index (κ1) is 16.2. The van der Waals surface area contributed by atoms with Gasteiger partial charge in [-0.15, -0.1) is 0 Å². The van der Waals surface area contributed by atoms with Gasteiger partial charge in [-0.1, -0.05) is 36.4 Å². The highest BCUT2D eigenvalue weighted by atomic mass is 16.2. The number of carbonyl (C=O) groups excluding carboxylic acids is 2. The Morgan fingerprint density at radius 2 is 1.75 bits per heavy atom. The Kier molecular flexibility index (Phi) is 4.94. The quantitative estimate of drug-likeness (QED) is 0.809. The molecule has 2 aromatic carbocycles. The Balaban J connectivity index is 1.74. The largest absolute Gasteiger partial charge is 0.312 e. The van der Waals surface area contributed by atoms with E-state index < -0.39 is 0 Å². The van der Waals surface area contributed by atoms with Crippen LogP contribution >= 0.6 is 0 Å². The Morgan fingerprint density at radius 1 is 1.04 bits per heavy atom. The molecule has 0 unspecified atom stereocenters. The molecule has 0 N–H and O–H groups in total. The first-order valence-corrected chi connectivity index (χ1v) is 8.44. The number of nitrogens with zero attached hydrogens (tertiary/aromatic N) is 2. The first-order valence-electron chi connectivity index (χ1n) is 8.44. The second-order valence-electron chi connectivity index (χ2n) is 5.93. The standard InChI is InChI=1S/C20H22N2O2/c1-2-21(17-11-4-3-5-12-17)19(23)15-20(24)22-14-8-10-16-9-6-7-13-18(16)22/h3-7,9,11-13H,2,8,10,14-15H2,1H3. The normalized spacial score (nSPS) is 13.3. The second kappa shape index (κ2) is 7.30. The number of para-hydroxylation sites is 2. The zero-order valence-corrected chi connectivity index (χ0v) is 13.9. The number of rotatable bonds is 4. The second-order valence-corrected chi connectivity index (χ2v) is 5.93. The van der Waals surface area contributed by atoms with E-state index in [0.29, 0.717) is 13.1 Å². The molecular formula is C20H22N2O2. The number of hydrogen-bond acceptors (Lipinski definition) is 2. The van der Waals surface area contributed by atoms with Gasteiger partial charge in [0.15, 0.2) is 0 Å². The first-order chi connectivity index (χ1) is 11.7. The zero-order valence-electron chi connectivity index (χ0n) is 13.9. The van der Waals surface area contributed by atoms with Crippen LogP contribution in [0.25, 0.3) is 0 Å². The smallest absolute Gasteiger partial charge is 0.236 e. The number of fused-ring (bicyclic) bond motifs is 1. The van der Waals surface area contributed by atoms with E-state index in [1.54, 1.807) is 9.80 Å². The molecule has 0 saturated carbocycles. The number of carbonyl (C=O) groups is 2. The molecule has 0 atom stereocenters. The molecule has 1 aliphatic heterocycles. The molecule has 2 amide bonds. The Hall–Kier alpha value is -2.62. The predicted octanol–water partition coefficient (Wildman–Crippen LogP) is 3.41. The van der Waals surface area contributed by atoms with Gasteiger partial charge in [0.05, 0.1) is 0 Å². The summed E-state index contributed by atoms with van der Waals surface area (Å²) in [6, 6.07) is 17.4. The Bertz CT molecular complexity index is 727. The summed E-state index contributed by atoms with van der Waals surface area (Å²) in [5.41, 5.74) is 2.96. The molecule has 0 bridgehead atoms. The molecule has 0 aromatic heterocycles. The van der Waals surface area contributed by atoms with Crippen LogP contribution in [0.3, 0.4) is 0 Å². The summed E-state index contributed by atoms with van der Waals surface area (Å²) in [5.74, 6) is -0.279. The number of hydrogen-bond donors (Lipinski definition) is 0. The zero-order chi connectivity index (χ0) is 16.9. The minimum absolute atomic E-state index is 0.100. The van der Waals surface area contributed by atoms with E-state index in [1.807, 2.05) is 55.5 Å². The molecule has 24 heavy (non-hydrogen) atoms. The van der Waals surface area contributed by atoms with Gasteiger partial charge in [0.25, 0.3) is 0 Å². The lowest BCUT2D eigenvalue weighted by Crippen LogP contribution is -2.40. The van der Waals surface area contributed by atoms with Crippen molar-refractivity contribution in [3.8, 4) is 0 Å². The molecule has 4 heteroatoms. The third-order valence-electron chi connectivity index (χ3n) is 4.40. The van der Waals surface area contributed by atoms with Crippen LogP contribution in [0.5, 0.6) is 0 Å². The molecule has 3 rings (SSSR count). The van der Waals surface area contributed by atoms with Crippen LogP contribution in [0.2, 0.25) is 0 Å². The molecular weight excluding hydrogens is 300 g/mol. The average Bonchev–Trinajstić information content (AvgIpc) is 2.62. The number of aryl methyl sites for hydroxylation is 1. The predicted molar refractivity (Wildman–Crippen MR) is 96.2 cm³/mol. The van der Waals surface area contributed by atoms with Crippen LogP contribution in [0.4, 0.5) is 11.4 Å². The maximum Gasteiger partial charge on any atom is 0.236 e. The summed E-state index contributed by atoms with van der Waals surface area (Å²) in [7, 11) is 0. The van der Waals surface area contributed by atoms with Gasteiger partial charge in [-0.2, -0.15) is 0 Å². The summed E-state index contributed by atoms with van der Waals surface area (Å²) >= 11 is 0. The fourth-order valence-corrected chi connectivity index (χ4v) is 3.22. The molecule has 0 aliphatic carbocycles. The van der Waals surface area contributed by atoms with E-state index in [9.17, 15) is 9.59 Å². The highest BCUT2D eigenvalue weighted by Crippen LogP contribution is 2.27. The minimum atomic E-state index is -0.156. The molecule has 0 saturated heterocycles. The molecule has 1 heterocycles. The highest BCUT2D eigenvalue weighted by molar-refractivity contribution is 6.10. The molecule has 0 radical (unpaired) electrons. The van der Waals surface area contributed by atoms with Crippen molar-refractivity contribution in [2.24, 2.45) is 0 Å². The molecule has 124 valence electrons. The van der Waals surface area contributed by atoms with Gasteiger partial charge < -0.3 is 9.80 Å². The maximum absolute atomic E-state index is 12.7. The fraction of sp³-hybridized carbons (Fsp3) is 0.300. The lowest BCUT2D eigenvalue weighted by molar-refractivity contribution is -0.126. The minimum Gasteiger partial charge on any atom is -0.312 e. The summed E-state index contributed by atoms with van der Waals surface area (Å²) in [4.78, 5) is 28.7.